The van der Waals surface area contributed by atoms with Crippen LogP contribution in [0, 0.1) is 11.6 Å². The van der Waals surface area contributed by atoms with Crippen molar-refractivity contribution in [2.45, 2.75) is 13.3 Å². The van der Waals surface area contributed by atoms with Crippen LogP contribution in [0.15, 0.2) is 42.5 Å². The molecule has 0 heterocycles. The number of halogens is 2. The Morgan fingerprint density at radius 1 is 1.06 bits per heavy atom. The van der Waals surface area contributed by atoms with Crippen molar-refractivity contribution in [1.82, 2.24) is 0 Å². The van der Waals surface area contributed by atoms with E-state index in [4.69, 9.17) is 4.74 Å². The second-order valence-corrected chi connectivity index (χ2v) is 3.98. The van der Waals surface area contributed by atoms with Gasteiger partial charge in [0.2, 0.25) is 0 Å². The van der Waals surface area contributed by atoms with Gasteiger partial charge in [-0.1, -0.05) is 31.2 Å². The molecule has 2 aromatic rings. The monoisotopic (exact) mass is 248 g/mol. The molecule has 0 unspecified atom stereocenters. The van der Waals surface area contributed by atoms with E-state index in [1.54, 1.807) is 30.3 Å². The summed E-state index contributed by atoms with van der Waals surface area (Å²) >= 11 is 0. The van der Waals surface area contributed by atoms with Gasteiger partial charge < -0.3 is 4.74 Å². The first-order valence-electron chi connectivity index (χ1n) is 5.89. The largest absolute Gasteiger partial charge is 0.494 e. The zero-order valence-electron chi connectivity index (χ0n) is 10.1. The molecule has 0 fully saturated rings. The molecule has 3 heteroatoms. The molecular weight excluding hydrogens is 234 g/mol. The average Bonchev–Trinajstić information content (AvgIpc) is 2.40. The van der Waals surface area contributed by atoms with Crippen molar-refractivity contribution in [3.8, 4) is 16.9 Å². The minimum Gasteiger partial charge on any atom is -0.494 e. The lowest BCUT2D eigenvalue weighted by Gasteiger charge is -2.08. The van der Waals surface area contributed by atoms with Gasteiger partial charge in [-0.15, -0.1) is 0 Å². The maximum absolute atomic E-state index is 13.7. The van der Waals surface area contributed by atoms with Crippen molar-refractivity contribution >= 4 is 0 Å². The van der Waals surface area contributed by atoms with Crippen molar-refractivity contribution in [2.24, 2.45) is 0 Å². The number of rotatable bonds is 4. The van der Waals surface area contributed by atoms with E-state index in [1.807, 2.05) is 6.92 Å². The smallest absolute Gasteiger partial charge is 0.166 e. The molecule has 0 saturated carbocycles. The fourth-order valence-corrected chi connectivity index (χ4v) is 1.70. The minimum atomic E-state index is -0.840. The van der Waals surface area contributed by atoms with Crippen LogP contribution >= 0.6 is 0 Å². The summed E-state index contributed by atoms with van der Waals surface area (Å²) in [5, 5.41) is 0. The van der Waals surface area contributed by atoms with Gasteiger partial charge in [-0.05, 0) is 30.2 Å². The standard InChI is InChI=1S/C15H14F2O/c1-2-9-18-12-6-3-5-11(10-12)13-7-4-8-14(16)15(13)17/h3-8,10H,2,9H2,1H3. The van der Waals surface area contributed by atoms with Crippen LogP contribution in [-0.2, 0) is 0 Å². The highest BCUT2D eigenvalue weighted by atomic mass is 19.2. The molecule has 0 amide bonds. The van der Waals surface area contributed by atoms with Crippen molar-refractivity contribution < 1.29 is 13.5 Å². The number of hydrogen-bond acceptors (Lipinski definition) is 1. The Kier molecular flexibility index (Phi) is 3.92. The van der Waals surface area contributed by atoms with Crippen LogP contribution in [0.4, 0.5) is 8.78 Å². The number of ether oxygens (including phenoxy) is 1. The van der Waals surface area contributed by atoms with E-state index in [2.05, 4.69) is 0 Å². The Hall–Kier alpha value is -1.90. The summed E-state index contributed by atoms with van der Waals surface area (Å²) in [5.74, 6) is -1.00. The van der Waals surface area contributed by atoms with E-state index >= 15 is 0 Å². The molecule has 0 saturated heterocycles. The predicted octanol–water partition coefficient (Wildman–Crippen LogP) is 4.42. The highest BCUT2D eigenvalue weighted by Gasteiger charge is 2.09. The van der Waals surface area contributed by atoms with Gasteiger partial charge in [0.25, 0.3) is 0 Å². The highest BCUT2D eigenvalue weighted by molar-refractivity contribution is 5.65. The van der Waals surface area contributed by atoms with Gasteiger partial charge >= 0.3 is 0 Å². The summed E-state index contributed by atoms with van der Waals surface area (Å²) in [6, 6.07) is 11.2. The summed E-state index contributed by atoms with van der Waals surface area (Å²) in [6.07, 6.45) is 0.901. The molecule has 0 aliphatic carbocycles. The summed E-state index contributed by atoms with van der Waals surface area (Å²) in [7, 11) is 0. The quantitative estimate of drug-likeness (QED) is 0.778. The van der Waals surface area contributed by atoms with Gasteiger partial charge in [-0.2, -0.15) is 0 Å². The van der Waals surface area contributed by atoms with Crippen LogP contribution in [0.3, 0.4) is 0 Å². The Labute approximate surface area is 105 Å². The van der Waals surface area contributed by atoms with Gasteiger partial charge in [0.05, 0.1) is 6.61 Å². The molecule has 0 aromatic heterocycles. The third-order valence-corrected chi connectivity index (χ3v) is 2.57. The maximum atomic E-state index is 13.7. The molecule has 2 aromatic carbocycles. The van der Waals surface area contributed by atoms with E-state index in [-0.39, 0.29) is 5.56 Å². The maximum Gasteiger partial charge on any atom is 0.166 e. The summed E-state index contributed by atoms with van der Waals surface area (Å²) in [4.78, 5) is 0. The molecular formula is C15H14F2O. The zero-order valence-corrected chi connectivity index (χ0v) is 10.1. The van der Waals surface area contributed by atoms with Crippen molar-refractivity contribution in [2.75, 3.05) is 6.61 Å². The van der Waals surface area contributed by atoms with Crippen LogP contribution in [0.5, 0.6) is 5.75 Å². The fraction of sp³-hybridized carbons (Fsp3) is 0.200. The van der Waals surface area contributed by atoms with Crippen LogP contribution in [0.25, 0.3) is 11.1 Å². The molecule has 0 N–H and O–H groups in total. The van der Waals surface area contributed by atoms with Gasteiger partial charge in [0, 0.05) is 5.56 Å². The van der Waals surface area contributed by atoms with Gasteiger partial charge in [-0.3, -0.25) is 0 Å². The Morgan fingerprint density at radius 2 is 1.83 bits per heavy atom. The predicted molar refractivity (Wildman–Crippen MR) is 67.6 cm³/mol. The Morgan fingerprint density at radius 3 is 2.61 bits per heavy atom. The van der Waals surface area contributed by atoms with E-state index in [9.17, 15) is 8.78 Å². The molecule has 0 bridgehead atoms. The van der Waals surface area contributed by atoms with Gasteiger partial charge in [-0.25, -0.2) is 8.78 Å². The fourth-order valence-electron chi connectivity index (χ4n) is 1.70. The first kappa shape index (κ1) is 12.6. The van der Waals surface area contributed by atoms with Gasteiger partial charge in [0.1, 0.15) is 5.75 Å². The topological polar surface area (TPSA) is 9.23 Å². The molecule has 1 nitrogen and oxygen atoms in total. The zero-order chi connectivity index (χ0) is 13.0. The lowest BCUT2D eigenvalue weighted by Crippen LogP contribution is -1.95. The summed E-state index contributed by atoms with van der Waals surface area (Å²) in [6.45, 7) is 2.62. The summed E-state index contributed by atoms with van der Waals surface area (Å²) in [5.41, 5.74) is 0.859. The molecule has 18 heavy (non-hydrogen) atoms. The van der Waals surface area contributed by atoms with E-state index < -0.39 is 11.6 Å². The molecule has 0 radical (unpaired) electrons. The average molecular weight is 248 g/mol. The third-order valence-electron chi connectivity index (χ3n) is 2.57. The Balaban J connectivity index is 2.35. The SMILES string of the molecule is CCCOc1cccc(-c2cccc(F)c2F)c1. The lowest BCUT2D eigenvalue weighted by molar-refractivity contribution is 0.317. The van der Waals surface area contributed by atoms with Crippen LogP contribution < -0.4 is 4.74 Å². The number of hydrogen-bond donors (Lipinski definition) is 0. The summed E-state index contributed by atoms with van der Waals surface area (Å²) < 4.78 is 32.3. The van der Waals surface area contributed by atoms with Crippen molar-refractivity contribution in [1.29, 1.82) is 0 Å². The molecule has 0 aliphatic heterocycles. The Bertz CT molecular complexity index is 538. The lowest BCUT2D eigenvalue weighted by atomic mass is 10.0. The van der Waals surface area contributed by atoms with Crippen molar-refractivity contribution in [3.63, 3.8) is 0 Å². The number of benzene rings is 2. The third kappa shape index (κ3) is 2.67. The molecule has 94 valence electrons. The van der Waals surface area contributed by atoms with E-state index in [1.165, 1.54) is 6.07 Å². The molecule has 0 aliphatic rings. The van der Waals surface area contributed by atoms with Gasteiger partial charge in [0.15, 0.2) is 11.6 Å². The van der Waals surface area contributed by atoms with Crippen LogP contribution in [0.1, 0.15) is 13.3 Å². The second kappa shape index (κ2) is 5.63. The highest BCUT2D eigenvalue weighted by Crippen LogP contribution is 2.27. The second-order valence-electron chi connectivity index (χ2n) is 3.98. The molecule has 0 atom stereocenters. The minimum absolute atomic E-state index is 0.247. The van der Waals surface area contributed by atoms with E-state index in [0.29, 0.717) is 17.9 Å². The first-order valence-corrected chi connectivity index (χ1v) is 5.89. The van der Waals surface area contributed by atoms with Crippen molar-refractivity contribution in [3.05, 3.63) is 54.1 Å². The normalized spacial score (nSPS) is 10.4. The molecule has 2 rings (SSSR count). The molecule has 0 spiro atoms. The van der Waals surface area contributed by atoms with Crippen LogP contribution in [0.2, 0.25) is 0 Å². The van der Waals surface area contributed by atoms with E-state index in [0.717, 1.165) is 12.5 Å². The van der Waals surface area contributed by atoms with Crippen LogP contribution in [-0.4, -0.2) is 6.61 Å². The first-order chi connectivity index (χ1) is 8.72.